The fourth-order valence-electron chi connectivity index (χ4n) is 3.88. The molecule has 0 N–H and O–H groups in total. The molecule has 0 spiro atoms. The largest absolute Gasteiger partial charge is 0.312 e. The number of carbonyl (C=O) groups excluding carboxylic acids is 2. The lowest BCUT2D eigenvalue weighted by molar-refractivity contribution is 0.0975. The van der Waals surface area contributed by atoms with Crippen LogP contribution in [0.25, 0.3) is 16.8 Å². The number of ketones is 2. The van der Waals surface area contributed by atoms with Crippen LogP contribution in [0, 0.1) is 6.92 Å². The number of nitrogens with zero attached hydrogens (tertiary/aromatic N) is 1. The summed E-state index contributed by atoms with van der Waals surface area (Å²) in [5.74, 6) is -0.243. The van der Waals surface area contributed by atoms with Crippen molar-refractivity contribution in [1.82, 2.24) is 4.57 Å². The smallest absolute Gasteiger partial charge is 0.211 e. The Labute approximate surface area is 176 Å². The monoisotopic (exact) mass is 441 g/mol. The molecule has 0 fully saturated rings. The van der Waals surface area contributed by atoms with Crippen molar-refractivity contribution in [2.45, 2.75) is 6.92 Å². The van der Waals surface area contributed by atoms with Gasteiger partial charge in [-0.05, 0) is 30.7 Å². The molecule has 0 atom stereocenters. The maximum Gasteiger partial charge on any atom is 0.211 e. The summed E-state index contributed by atoms with van der Waals surface area (Å²) in [5.41, 5.74) is 5.46. The Hall–Kier alpha value is -3.24. The van der Waals surface area contributed by atoms with Crippen molar-refractivity contribution >= 4 is 27.5 Å². The zero-order chi connectivity index (χ0) is 20.1. The van der Waals surface area contributed by atoms with Crippen molar-refractivity contribution in [1.29, 1.82) is 0 Å². The fourth-order valence-corrected chi connectivity index (χ4v) is 4.27. The SMILES string of the molecule is Cc1ccc(-c2cn(-c3cccc(Br)c3)c3c2C(=O)c2ccccc2C3=O)cc1. The zero-order valence-corrected chi connectivity index (χ0v) is 17.2. The Balaban J connectivity index is 1.84. The first-order valence-electron chi connectivity index (χ1n) is 9.31. The van der Waals surface area contributed by atoms with Crippen LogP contribution in [0.4, 0.5) is 0 Å². The average molecular weight is 442 g/mol. The van der Waals surface area contributed by atoms with E-state index in [1.54, 1.807) is 24.3 Å². The van der Waals surface area contributed by atoms with Crippen molar-refractivity contribution < 1.29 is 9.59 Å². The first kappa shape index (κ1) is 17.8. The summed E-state index contributed by atoms with van der Waals surface area (Å²) in [6, 6.07) is 22.8. The summed E-state index contributed by atoms with van der Waals surface area (Å²) in [6.07, 6.45) is 1.90. The van der Waals surface area contributed by atoms with Crippen molar-refractivity contribution in [3.8, 4) is 16.8 Å². The number of hydrogen-bond acceptors (Lipinski definition) is 2. The average Bonchev–Trinajstić information content (AvgIpc) is 3.14. The van der Waals surface area contributed by atoms with E-state index < -0.39 is 0 Å². The van der Waals surface area contributed by atoms with E-state index in [0.717, 1.165) is 26.9 Å². The van der Waals surface area contributed by atoms with Crippen LogP contribution in [0.3, 0.4) is 0 Å². The van der Waals surface area contributed by atoms with Gasteiger partial charge in [0.15, 0.2) is 5.78 Å². The highest BCUT2D eigenvalue weighted by Crippen LogP contribution is 2.37. The van der Waals surface area contributed by atoms with Crippen LogP contribution in [0.1, 0.15) is 37.5 Å². The molecule has 0 saturated carbocycles. The molecule has 140 valence electrons. The third kappa shape index (κ3) is 2.79. The van der Waals surface area contributed by atoms with Gasteiger partial charge in [-0.2, -0.15) is 0 Å². The number of carbonyl (C=O) groups is 2. The molecule has 1 aliphatic carbocycles. The Kier molecular flexibility index (Phi) is 4.10. The minimum absolute atomic E-state index is 0.112. The van der Waals surface area contributed by atoms with Gasteiger partial charge in [0.05, 0.1) is 5.56 Å². The third-order valence-electron chi connectivity index (χ3n) is 5.31. The number of rotatable bonds is 2. The second-order valence-electron chi connectivity index (χ2n) is 7.19. The van der Waals surface area contributed by atoms with Gasteiger partial charge in [-0.25, -0.2) is 0 Å². The summed E-state index contributed by atoms with van der Waals surface area (Å²) < 4.78 is 2.75. The van der Waals surface area contributed by atoms with E-state index in [4.69, 9.17) is 0 Å². The van der Waals surface area contributed by atoms with Crippen molar-refractivity contribution in [3.05, 3.63) is 111 Å². The molecule has 5 rings (SSSR count). The fraction of sp³-hybridized carbons (Fsp3) is 0.0400. The highest BCUT2D eigenvalue weighted by molar-refractivity contribution is 9.10. The van der Waals surface area contributed by atoms with Crippen LogP contribution >= 0.6 is 15.9 Å². The van der Waals surface area contributed by atoms with Gasteiger partial charge in [0.1, 0.15) is 5.69 Å². The lowest BCUT2D eigenvalue weighted by atomic mass is 9.85. The molecular formula is C25H16BrNO2. The van der Waals surface area contributed by atoms with Gasteiger partial charge in [0, 0.05) is 33.0 Å². The number of fused-ring (bicyclic) bond motifs is 2. The summed E-state index contributed by atoms with van der Waals surface area (Å²) >= 11 is 3.50. The Morgan fingerprint density at radius 3 is 2.14 bits per heavy atom. The lowest BCUT2D eigenvalue weighted by Crippen LogP contribution is -2.22. The molecule has 1 heterocycles. The van der Waals surface area contributed by atoms with Crippen LogP contribution in [-0.4, -0.2) is 16.1 Å². The Morgan fingerprint density at radius 1 is 0.759 bits per heavy atom. The predicted octanol–water partition coefficient (Wildman–Crippen LogP) is 5.99. The highest BCUT2D eigenvalue weighted by atomic mass is 79.9. The van der Waals surface area contributed by atoms with E-state index in [1.165, 1.54) is 0 Å². The van der Waals surface area contributed by atoms with Gasteiger partial charge < -0.3 is 4.57 Å². The van der Waals surface area contributed by atoms with Crippen LogP contribution in [0.2, 0.25) is 0 Å². The minimum Gasteiger partial charge on any atom is -0.312 e. The van der Waals surface area contributed by atoms with Gasteiger partial charge >= 0.3 is 0 Å². The van der Waals surface area contributed by atoms with Crippen molar-refractivity contribution in [3.63, 3.8) is 0 Å². The maximum absolute atomic E-state index is 13.5. The molecule has 4 heteroatoms. The van der Waals surface area contributed by atoms with Crippen LogP contribution < -0.4 is 0 Å². The molecule has 0 radical (unpaired) electrons. The molecule has 0 aliphatic heterocycles. The molecule has 3 nitrogen and oxygen atoms in total. The normalized spacial score (nSPS) is 12.6. The van der Waals surface area contributed by atoms with Crippen LogP contribution in [-0.2, 0) is 0 Å². The minimum atomic E-state index is -0.131. The number of aryl methyl sites for hydroxylation is 1. The molecule has 0 unspecified atom stereocenters. The van der Waals surface area contributed by atoms with Crippen molar-refractivity contribution in [2.75, 3.05) is 0 Å². The second-order valence-corrected chi connectivity index (χ2v) is 8.10. The first-order valence-corrected chi connectivity index (χ1v) is 10.1. The van der Waals surface area contributed by atoms with Gasteiger partial charge in [-0.1, -0.05) is 76.1 Å². The zero-order valence-electron chi connectivity index (χ0n) is 15.6. The van der Waals surface area contributed by atoms with Gasteiger partial charge in [0.2, 0.25) is 5.78 Å². The molecule has 29 heavy (non-hydrogen) atoms. The van der Waals surface area contributed by atoms with Gasteiger partial charge in [-0.3, -0.25) is 9.59 Å². The maximum atomic E-state index is 13.5. The topological polar surface area (TPSA) is 39.1 Å². The van der Waals surface area contributed by atoms with E-state index in [2.05, 4.69) is 15.9 Å². The highest BCUT2D eigenvalue weighted by Gasteiger charge is 2.35. The lowest BCUT2D eigenvalue weighted by Gasteiger charge is -2.18. The Bertz CT molecular complexity index is 1300. The summed E-state index contributed by atoms with van der Waals surface area (Å²) in [4.78, 5) is 26.9. The Morgan fingerprint density at radius 2 is 1.45 bits per heavy atom. The molecule has 4 aromatic rings. The quantitative estimate of drug-likeness (QED) is 0.337. The summed E-state index contributed by atoms with van der Waals surface area (Å²) in [7, 11) is 0. The summed E-state index contributed by atoms with van der Waals surface area (Å²) in [6.45, 7) is 2.02. The van der Waals surface area contributed by atoms with Crippen molar-refractivity contribution in [2.24, 2.45) is 0 Å². The van der Waals surface area contributed by atoms with E-state index in [0.29, 0.717) is 22.4 Å². The summed E-state index contributed by atoms with van der Waals surface area (Å²) in [5, 5.41) is 0. The molecule has 1 aromatic heterocycles. The van der Waals surface area contributed by atoms with E-state index in [1.807, 2.05) is 66.2 Å². The number of hydrogen-bond donors (Lipinski definition) is 0. The molecule has 0 saturated heterocycles. The number of benzene rings is 3. The predicted molar refractivity (Wildman–Crippen MR) is 117 cm³/mol. The van der Waals surface area contributed by atoms with Crippen LogP contribution in [0.15, 0.2) is 83.5 Å². The molecular weight excluding hydrogens is 426 g/mol. The van der Waals surface area contributed by atoms with E-state index in [9.17, 15) is 9.59 Å². The molecule has 0 amide bonds. The number of aromatic nitrogens is 1. The van der Waals surface area contributed by atoms with E-state index >= 15 is 0 Å². The second kappa shape index (κ2) is 6.68. The van der Waals surface area contributed by atoms with Crippen LogP contribution in [0.5, 0.6) is 0 Å². The standard InChI is InChI=1S/C25H16BrNO2/c1-15-9-11-16(12-10-15)21-14-27(18-6-4-5-17(26)13-18)23-22(21)24(28)19-7-2-3-8-20(19)25(23)29/h2-14H,1H3. The van der Waals surface area contributed by atoms with Gasteiger partial charge in [-0.15, -0.1) is 0 Å². The third-order valence-corrected chi connectivity index (χ3v) is 5.81. The number of halogens is 1. The van der Waals surface area contributed by atoms with Gasteiger partial charge in [0.25, 0.3) is 0 Å². The first-order chi connectivity index (χ1) is 14.0. The molecule has 0 bridgehead atoms. The molecule has 3 aromatic carbocycles. The molecule has 1 aliphatic rings. The van der Waals surface area contributed by atoms with E-state index in [-0.39, 0.29) is 11.6 Å².